The number of nitrogens with one attached hydrogen (secondary N) is 2. The average molecular weight is 319 g/mol. The normalized spacial score (nSPS) is 11.9. The van der Waals surface area contributed by atoms with Crippen molar-refractivity contribution in [3.05, 3.63) is 35.9 Å². The van der Waals surface area contributed by atoms with Crippen molar-refractivity contribution in [2.45, 2.75) is 46.1 Å². The summed E-state index contributed by atoms with van der Waals surface area (Å²) in [4.78, 5) is 16.0. The van der Waals surface area contributed by atoms with Gasteiger partial charge in [0.15, 0.2) is 5.96 Å². The molecule has 5 heteroatoms. The van der Waals surface area contributed by atoms with Crippen LogP contribution in [0.15, 0.2) is 35.3 Å². The zero-order chi connectivity index (χ0) is 17.1. The van der Waals surface area contributed by atoms with Crippen LogP contribution in [0.1, 0.15) is 39.7 Å². The van der Waals surface area contributed by atoms with Crippen LogP contribution in [0.2, 0.25) is 0 Å². The van der Waals surface area contributed by atoms with E-state index in [4.69, 9.17) is 4.74 Å². The molecule has 0 aliphatic rings. The van der Waals surface area contributed by atoms with Gasteiger partial charge in [0.2, 0.25) is 0 Å². The first kappa shape index (κ1) is 19.0. The Morgan fingerprint density at radius 1 is 1.17 bits per heavy atom. The van der Waals surface area contributed by atoms with Crippen LogP contribution in [0.25, 0.3) is 0 Å². The number of rotatable bonds is 7. The Kier molecular flexibility index (Phi) is 8.16. The number of aryl methyl sites for hydroxylation is 1. The van der Waals surface area contributed by atoms with Crippen molar-refractivity contribution < 1.29 is 9.53 Å². The fourth-order valence-corrected chi connectivity index (χ4v) is 2.00. The topological polar surface area (TPSA) is 62.7 Å². The van der Waals surface area contributed by atoms with E-state index in [1.54, 1.807) is 0 Å². The number of benzene rings is 1. The Labute approximate surface area is 139 Å². The highest BCUT2D eigenvalue weighted by atomic mass is 16.6. The molecule has 0 saturated carbocycles. The number of aliphatic imine (C=N–C) groups is 1. The standard InChI is InChI=1S/C18H29N3O2/c1-5-19-17(21-14-16(22)23-18(2,3)4)20-13-9-12-15-10-7-6-8-11-15/h6-8,10-11H,5,9,12-14H2,1-4H3,(H2,19,20,21). The van der Waals surface area contributed by atoms with Crippen molar-refractivity contribution >= 4 is 11.9 Å². The SMILES string of the molecule is CCNC(=NCC(=O)OC(C)(C)C)NCCCc1ccccc1. The van der Waals surface area contributed by atoms with Gasteiger partial charge in [0.1, 0.15) is 12.1 Å². The van der Waals surface area contributed by atoms with Crippen LogP contribution in [0.5, 0.6) is 0 Å². The van der Waals surface area contributed by atoms with E-state index in [1.807, 2.05) is 33.8 Å². The van der Waals surface area contributed by atoms with Crippen LogP contribution in [0, 0.1) is 0 Å². The number of hydrogen-bond donors (Lipinski definition) is 2. The lowest BCUT2D eigenvalue weighted by atomic mass is 10.1. The lowest BCUT2D eigenvalue weighted by Crippen LogP contribution is -2.38. The summed E-state index contributed by atoms with van der Waals surface area (Å²) < 4.78 is 5.25. The fourth-order valence-electron chi connectivity index (χ4n) is 2.00. The minimum absolute atomic E-state index is 0.0191. The summed E-state index contributed by atoms with van der Waals surface area (Å²) >= 11 is 0. The van der Waals surface area contributed by atoms with E-state index < -0.39 is 5.60 Å². The first-order valence-corrected chi connectivity index (χ1v) is 8.18. The summed E-state index contributed by atoms with van der Waals surface area (Å²) in [5, 5.41) is 6.37. The largest absolute Gasteiger partial charge is 0.459 e. The molecule has 0 heterocycles. The van der Waals surface area contributed by atoms with E-state index >= 15 is 0 Å². The number of carbonyl (C=O) groups is 1. The molecule has 0 saturated heterocycles. The molecule has 23 heavy (non-hydrogen) atoms. The van der Waals surface area contributed by atoms with E-state index in [9.17, 15) is 4.79 Å². The predicted octanol–water partition coefficient (Wildman–Crippen LogP) is 2.52. The van der Waals surface area contributed by atoms with E-state index in [1.165, 1.54) is 5.56 Å². The van der Waals surface area contributed by atoms with Gasteiger partial charge in [-0.05, 0) is 46.1 Å². The number of guanidine groups is 1. The quantitative estimate of drug-likeness (QED) is 0.351. The van der Waals surface area contributed by atoms with Gasteiger partial charge in [0, 0.05) is 13.1 Å². The molecule has 0 spiro atoms. The number of ether oxygens (including phenoxy) is 1. The molecule has 0 bridgehead atoms. The van der Waals surface area contributed by atoms with Crippen molar-refractivity contribution in [1.29, 1.82) is 0 Å². The van der Waals surface area contributed by atoms with Crippen molar-refractivity contribution in [2.24, 2.45) is 4.99 Å². The number of esters is 1. The Hall–Kier alpha value is -2.04. The maximum Gasteiger partial charge on any atom is 0.328 e. The Morgan fingerprint density at radius 2 is 1.87 bits per heavy atom. The lowest BCUT2D eigenvalue weighted by Gasteiger charge is -2.19. The molecule has 0 aromatic heterocycles. The monoisotopic (exact) mass is 319 g/mol. The maximum atomic E-state index is 11.7. The molecule has 0 atom stereocenters. The predicted molar refractivity (Wildman–Crippen MR) is 94.6 cm³/mol. The lowest BCUT2D eigenvalue weighted by molar-refractivity contribution is -0.152. The molecule has 1 aromatic carbocycles. The third kappa shape index (κ3) is 9.55. The molecular weight excluding hydrogens is 290 g/mol. The van der Waals surface area contributed by atoms with Crippen molar-refractivity contribution in [3.63, 3.8) is 0 Å². The zero-order valence-electron chi connectivity index (χ0n) is 14.7. The summed E-state index contributed by atoms with van der Waals surface area (Å²) in [7, 11) is 0. The van der Waals surface area contributed by atoms with E-state index in [-0.39, 0.29) is 12.5 Å². The van der Waals surface area contributed by atoms with E-state index in [0.29, 0.717) is 5.96 Å². The van der Waals surface area contributed by atoms with Crippen LogP contribution in [-0.2, 0) is 16.0 Å². The van der Waals surface area contributed by atoms with Crippen molar-refractivity contribution in [1.82, 2.24) is 10.6 Å². The molecule has 1 rings (SSSR count). The van der Waals surface area contributed by atoms with Crippen LogP contribution in [-0.4, -0.2) is 37.2 Å². The highest BCUT2D eigenvalue weighted by molar-refractivity contribution is 5.83. The third-order valence-corrected chi connectivity index (χ3v) is 2.91. The number of carbonyl (C=O) groups excluding carboxylic acids is 1. The van der Waals surface area contributed by atoms with Gasteiger partial charge in [0.05, 0.1) is 0 Å². The molecule has 0 aliphatic carbocycles. The molecule has 0 radical (unpaired) electrons. The summed E-state index contributed by atoms with van der Waals surface area (Å²) in [5.41, 5.74) is 0.846. The highest BCUT2D eigenvalue weighted by Gasteiger charge is 2.15. The highest BCUT2D eigenvalue weighted by Crippen LogP contribution is 2.06. The van der Waals surface area contributed by atoms with Crippen LogP contribution in [0.4, 0.5) is 0 Å². The van der Waals surface area contributed by atoms with Gasteiger partial charge in [-0.1, -0.05) is 30.3 Å². The second-order valence-corrected chi connectivity index (χ2v) is 6.30. The van der Waals surface area contributed by atoms with Gasteiger partial charge < -0.3 is 15.4 Å². The van der Waals surface area contributed by atoms with Crippen molar-refractivity contribution in [3.8, 4) is 0 Å². The summed E-state index contributed by atoms with van der Waals surface area (Å²) in [6, 6.07) is 10.4. The second-order valence-electron chi connectivity index (χ2n) is 6.30. The van der Waals surface area contributed by atoms with Gasteiger partial charge in [-0.15, -0.1) is 0 Å². The Balaban J connectivity index is 2.36. The van der Waals surface area contributed by atoms with Crippen molar-refractivity contribution in [2.75, 3.05) is 19.6 Å². The minimum Gasteiger partial charge on any atom is -0.459 e. The molecule has 0 aliphatic heterocycles. The molecule has 0 amide bonds. The van der Waals surface area contributed by atoms with Gasteiger partial charge in [-0.3, -0.25) is 4.79 Å². The number of nitrogens with zero attached hydrogens (tertiary/aromatic N) is 1. The second kappa shape index (κ2) is 9.87. The Bertz CT molecular complexity index is 493. The van der Waals surface area contributed by atoms with Gasteiger partial charge in [-0.2, -0.15) is 0 Å². The van der Waals surface area contributed by atoms with E-state index in [0.717, 1.165) is 25.9 Å². The molecule has 5 nitrogen and oxygen atoms in total. The number of hydrogen-bond acceptors (Lipinski definition) is 3. The molecule has 0 unspecified atom stereocenters. The fraction of sp³-hybridized carbons (Fsp3) is 0.556. The summed E-state index contributed by atoms with van der Waals surface area (Å²) in [6.07, 6.45) is 2.01. The van der Waals surface area contributed by atoms with E-state index in [2.05, 4.69) is 39.9 Å². The summed E-state index contributed by atoms with van der Waals surface area (Å²) in [5.74, 6) is 0.324. The molecule has 1 aromatic rings. The summed E-state index contributed by atoms with van der Waals surface area (Å²) in [6.45, 7) is 9.11. The molecule has 2 N–H and O–H groups in total. The van der Waals surface area contributed by atoms with Gasteiger partial charge in [0.25, 0.3) is 0 Å². The molecule has 0 fully saturated rings. The van der Waals surface area contributed by atoms with Crippen LogP contribution in [0.3, 0.4) is 0 Å². The van der Waals surface area contributed by atoms with Crippen LogP contribution < -0.4 is 10.6 Å². The van der Waals surface area contributed by atoms with Crippen LogP contribution >= 0.6 is 0 Å². The average Bonchev–Trinajstić information content (AvgIpc) is 2.48. The first-order chi connectivity index (χ1) is 10.9. The zero-order valence-corrected chi connectivity index (χ0v) is 14.7. The third-order valence-electron chi connectivity index (χ3n) is 2.91. The first-order valence-electron chi connectivity index (χ1n) is 8.18. The van der Waals surface area contributed by atoms with Gasteiger partial charge >= 0.3 is 5.97 Å². The molecule has 128 valence electrons. The Morgan fingerprint density at radius 3 is 2.48 bits per heavy atom. The minimum atomic E-state index is -0.478. The van der Waals surface area contributed by atoms with Gasteiger partial charge in [-0.25, -0.2) is 4.99 Å². The smallest absolute Gasteiger partial charge is 0.328 e. The maximum absolute atomic E-state index is 11.7. The molecular formula is C18H29N3O2.